The quantitative estimate of drug-likeness (QED) is 0.395. The van der Waals surface area contributed by atoms with Crippen molar-refractivity contribution in [1.82, 2.24) is 9.55 Å². The van der Waals surface area contributed by atoms with Crippen molar-refractivity contribution >= 4 is 21.6 Å². The van der Waals surface area contributed by atoms with Crippen LogP contribution in [0.3, 0.4) is 0 Å². The molecule has 0 saturated heterocycles. The Morgan fingerprint density at radius 3 is 2.70 bits per heavy atom. The zero-order valence-corrected chi connectivity index (χ0v) is 17.7. The molecule has 0 N–H and O–H groups in total. The van der Waals surface area contributed by atoms with Gasteiger partial charge in [0.2, 0.25) is 0 Å². The maximum Gasteiger partial charge on any atom is 0.263 e. The highest BCUT2D eigenvalue weighted by atomic mass is 32.1. The van der Waals surface area contributed by atoms with Gasteiger partial charge in [0.15, 0.2) is 0 Å². The topological polar surface area (TPSA) is 67.9 Å². The SMILES string of the molecule is COc1cccc(-c2csc3nc(-c4ccc(C)cc4)n(CCCC#N)c(=O)c23)c1. The summed E-state index contributed by atoms with van der Waals surface area (Å²) < 4.78 is 7.05. The third-order valence-electron chi connectivity index (χ3n) is 5.05. The van der Waals surface area contributed by atoms with E-state index in [4.69, 9.17) is 15.0 Å². The molecule has 2 aromatic carbocycles. The molecule has 0 aliphatic rings. The van der Waals surface area contributed by atoms with Crippen LogP contribution in [-0.4, -0.2) is 16.7 Å². The minimum atomic E-state index is -0.0763. The van der Waals surface area contributed by atoms with Crippen molar-refractivity contribution in [1.29, 1.82) is 5.26 Å². The lowest BCUT2D eigenvalue weighted by molar-refractivity contribution is 0.415. The molecule has 0 radical (unpaired) electrons. The number of ether oxygens (including phenoxy) is 1. The van der Waals surface area contributed by atoms with Crippen molar-refractivity contribution in [2.75, 3.05) is 7.11 Å². The fourth-order valence-electron chi connectivity index (χ4n) is 3.47. The van der Waals surface area contributed by atoms with Gasteiger partial charge in [0, 0.05) is 29.5 Å². The van der Waals surface area contributed by atoms with E-state index in [1.54, 1.807) is 11.7 Å². The molecule has 0 unspecified atom stereocenters. The van der Waals surface area contributed by atoms with E-state index < -0.39 is 0 Å². The van der Waals surface area contributed by atoms with Gasteiger partial charge in [0.05, 0.1) is 18.6 Å². The van der Waals surface area contributed by atoms with E-state index in [0.29, 0.717) is 35.4 Å². The maximum atomic E-state index is 13.6. The molecule has 4 aromatic rings. The number of rotatable bonds is 6. The molecule has 150 valence electrons. The van der Waals surface area contributed by atoms with Crippen molar-refractivity contribution in [3.63, 3.8) is 0 Å². The zero-order chi connectivity index (χ0) is 21.1. The molecular weight excluding hydrogens is 394 g/mol. The Morgan fingerprint density at radius 1 is 1.17 bits per heavy atom. The van der Waals surface area contributed by atoms with Crippen LogP contribution in [0.5, 0.6) is 5.75 Å². The number of nitriles is 1. The van der Waals surface area contributed by atoms with Crippen molar-refractivity contribution in [2.24, 2.45) is 0 Å². The van der Waals surface area contributed by atoms with E-state index in [-0.39, 0.29) is 5.56 Å². The average Bonchev–Trinajstić information content (AvgIpc) is 3.20. The summed E-state index contributed by atoms with van der Waals surface area (Å²) >= 11 is 1.47. The van der Waals surface area contributed by atoms with Gasteiger partial charge in [-0.25, -0.2) is 4.98 Å². The van der Waals surface area contributed by atoms with Gasteiger partial charge in [-0.2, -0.15) is 5.26 Å². The molecule has 0 aliphatic carbocycles. The summed E-state index contributed by atoms with van der Waals surface area (Å²) in [5.74, 6) is 1.38. The van der Waals surface area contributed by atoms with Gasteiger partial charge in [0.1, 0.15) is 16.4 Å². The van der Waals surface area contributed by atoms with Crippen LogP contribution in [-0.2, 0) is 6.54 Å². The van der Waals surface area contributed by atoms with Crippen LogP contribution in [0, 0.1) is 18.3 Å². The Labute approximate surface area is 178 Å². The first kappa shape index (κ1) is 19.9. The van der Waals surface area contributed by atoms with Crippen LogP contribution >= 0.6 is 11.3 Å². The van der Waals surface area contributed by atoms with Gasteiger partial charge in [0.25, 0.3) is 5.56 Å². The molecule has 0 aliphatic heterocycles. The van der Waals surface area contributed by atoms with Crippen LogP contribution in [0.1, 0.15) is 18.4 Å². The number of hydrogen-bond acceptors (Lipinski definition) is 5. The minimum Gasteiger partial charge on any atom is -0.497 e. The third-order valence-corrected chi connectivity index (χ3v) is 5.93. The van der Waals surface area contributed by atoms with E-state index in [0.717, 1.165) is 28.0 Å². The molecule has 2 heterocycles. The third kappa shape index (κ3) is 3.72. The molecule has 30 heavy (non-hydrogen) atoms. The van der Waals surface area contributed by atoms with E-state index >= 15 is 0 Å². The lowest BCUT2D eigenvalue weighted by atomic mass is 10.1. The number of methoxy groups -OCH3 is 1. The lowest BCUT2D eigenvalue weighted by Crippen LogP contribution is -2.23. The number of thiophene rings is 1. The fourth-order valence-corrected chi connectivity index (χ4v) is 4.41. The number of aromatic nitrogens is 2. The Balaban J connectivity index is 1.93. The van der Waals surface area contributed by atoms with Crippen molar-refractivity contribution in [2.45, 2.75) is 26.3 Å². The highest BCUT2D eigenvalue weighted by Crippen LogP contribution is 2.34. The number of nitrogens with zero attached hydrogens (tertiary/aromatic N) is 3. The second kappa shape index (κ2) is 8.52. The smallest absolute Gasteiger partial charge is 0.263 e. The van der Waals surface area contributed by atoms with Crippen molar-refractivity contribution in [3.05, 3.63) is 69.8 Å². The maximum absolute atomic E-state index is 13.6. The van der Waals surface area contributed by atoms with Crippen LogP contribution in [0.4, 0.5) is 0 Å². The minimum absolute atomic E-state index is 0.0763. The highest BCUT2D eigenvalue weighted by molar-refractivity contribution is 7.17. The molecule has 4 rings (SSSR count). The Kier molecular flexibility index (Phi) is 5.64. The van der Waals surface area contributed by atoms with E-state index in [1.807, 2.05) is 60.8 Å². The molecule has 6 heteroatoms. The predicted octanol–water partition coefficient (Wildman–Crippen LogP) is 5.41. The first-order valence-electron chi connectivity index (χ1n) is 9.73. The van der Waals surface area contributed by atoms with Crippen molar-refractivity contribution < 1.29 is 4.74 Å². The monoisotopic (exact) mass is 415 g/mol. The molecule has 0 atom stereocenters. The summed E-state index contributed by atoms with van der Waals surface area (Å²) in [6.07, 6.45) is 0.991. The van der Waals surface area contributed by atoms with E-state index in [2.05, 4.69) is 6.07 Å². The average molecular weight is 416 g/mol. The first-order valence-corrected chi connectivity index (χ1v) is 10.6. The molecular formula is C24H21N3O2S. The summed E-state index contributed by atoms with van der Waals surface area (Å²) in [5, 5.41) is 11.5. The normalized spacial score (nSPS) is 10.8. The summed E-state index contributed by atoms with van der Waals surface area (Å²) in [6, 6.07) is 17.9. The van der Waals surface area contributed by atoms with Crippen LogP contribution in [0.25, 0.3) is 32.7 Å². The summed E-state index contributed by atoms with van der Waals surface area (Å²) in [6.45, 7) is 2.48. The highest BCUT2D eigenvalue weighted by Gasteiger charge is 2.18. The molecule has 0 fully saturated rings. The van der Waals surface area contributed by atoms with Gasteiger partial charge < -0.3 is 4.74 Å². The predicted molar refractivity (Wildman–Crippen MR) is 121 cm³/mol. The number of unbranched alkanes of at least 4 members (excludes halogenated alkanes) is 1. The molecule has 0 spiro atoms. The molecule has 5 nitrogen and oxygen atoms in total. The van der Waals surface area contributed by atoms with Crippen LogP contribution in [0.15, 0.2) is 58.7 Å². The van der Waals surface area contributed by atoms with Gasteiger partial charge >= 0.3 is 0 Å². The Hall–Kier alpha value is -3.43. The van der Waals surface area contributed by atoms with Gasteiger partial charge in [-0.3, -0.25) is 9.36 Å². The van der Waals surface area contributed by atoms with Gasteiger partial charge in [-0.15, -0.1) is 11.3 Å². The fraction of sp³-hybridized carbons (Fsp3) is 0.208. The molecule has 0 bridgehead atoms. The van der Waals surface area contributed by atoms with Crippen molar-refractivity contribution in [3.8, 4) is 34.3 Å². The number of aryl methyl sites for hydroxylation is 1. The van der Waals surface area contributed by atoms with Crippen LogP contribution < -0.4 is 10.3 Å². The second-order valence-corrected chi connectivity index (χ2v) is 7.94. The zero-order valence-electron chi connectivity index (χ0n) is 16.9. The summed E-state index contributed by atoms with van der Waals surface area (Å²) in [7, 11) is 1.63. The van der Waals surface area contributed by atoms with E-state index in [9.17, 15) is 4.79 Å². The largest absolute Gasteiger partial charge is 0.497 e. The lowest BCUT2D eigenvalue weighted by Gasteiger charge is -2.13. The van der Waals surface area contributed by atoms with Crippen LogP contribution in [0.2, 0.25) is 0 Å². The second-order valence-electron chi connectivity index (χ2n) is 7.08. The summed E-state index contributed by atoms with van der Waals surface area (Å²) in [5.41, 5.74) is 3.75. The van der Waals surface area contributed by atoms with Gasteiger partial charge in [-0.05, 0) is 31.0 Å². The molecule has 0 amide bonds. The van der Waals surface area contributed by atoms with E-state index in [1.165, 1.54) is 11.3 Å². The number of fused-ring (bicyclic) bond motifs is 1. The number of hydrogen-bond donors (Lipinski definition) is 0. The standard InChI is InChI=1S/C24H21N3O2S/c1-16-8-10-17(11-9-16)22-26-23-21(24(28)27(22)13-4-3-12-25)20(15-30-23)18-6-5-7-19(14-18)29-2/h5-11,14-15H,3-4,13H2,1-2H3. The molecule has 2 aromatic heterocycles. The Bertz CT molecular complexity index is 1300. The Morgan fingerprint density at radius 2 is 1.97 bits per heavy atom. The van der Waals surface area contributed by atoms with Gasteiger partial charge in [-0.1, -0.05) is 42.0 Å². The summed E-state index contributed by atoms with van der Waals surface area (Å²) in [4.78, 5) is 19.2. The number of benzene rings is 2. The first-order chi connectivity index (χ1) is 14.6. The molecule has 0 saturated carbocycles.